The van der Waals surface area contributed by atoms with Gasteiger partial charge >= 0.3 is 0 Å². The number of hydrogen-bond acceptors (Lipinski definition) is 4. The number of benzene rings is 2. The summed E-state index contributed by atoms with van der Waals surface area (Å²) >= 11 is 0. The Morgan fingerprint density at radius 2 is 1.89 bits per heavy atom. The second-order valence-electron chi connectivity index (χ2n) is 3.93. The largest absolute Gasteiger partial charge is 0.454 e. The highest BCUT2D eigenvalue weighted by Gasteiger charge is 2.13. The van der Waals surface area contributed by atoms with Crippen LogP contribution in [-0.4, -0.2) is 6.79 Å². The number of nitrogen functional groups attached to an aromatic ring is 1. The first kappa shape index (κ1) is 10.7. The average Bonchev–Trinajstić information content (AvgIpc) is 2.80. The number of nitrogens with one attached hydrogen (secondary N) is 1. The number of nitrogens with two attached hydrogens (primary N) is 1. The zero-order valence-corrected chi connectivity index (χ0v) is 9.44. The predicted octanol–water partition coefficient (Wildman–Crippen LogP) is 2.88. The van der Waals surface area contributed by atoms with Gasteiger partial charge in [0.2, 0.25) is 6.79 Å². The lowest BCUT2D eigenvalue weighted by atomic mass is 10.2. The number of anilines is 3. The van der Waals surface area contributed by atoms with Gasteiger partial charge in [0, 0.05) is 17.4 Å². The third-order valence-corrected chi connectivity index (χ3v) is 2.64. The molecule has 5 heteroatoms. The molecule has 3 N–H and O–H groups in total. The van der Waals surface area contributed by atoms with E-state index in [9.17, 15) is 4.39 Å². The Morgan fingerprint density at radius 1 is 1.06 bits per heavy atom. The van der Waals surface area contributed by atoms with Gasteiger partial charge in [0.1, 0.15) is 5.82 Å². The van der Waals surface area contributed by atoms with Crippen LogP contribution in [0.25, 0.3) is 0 Å². The molecule has 18 heavy (non-hydrogen) atoms. The zero-order chi connectivity index (χ0) is 12.5. The van der Waals surface area contributed by atoms with Crippen LogP contribution in [0.1, 0.15) is 0 Å². The third kappa shape index (κ3) is 1.90. The first-order valence-electron chi connectivity index (χ1n) is 5.44. The van der Waals surface area contributed by atoms with E-state index in [1.54, 1.807) is 30.3 Å². The SMILES string of the molecule is Nc1ccc(Nc2ccc3c(c2)OCO3)c(F)c1. The Bertz CT molecular complexity index is 602. The molecular weight excluding hydrogens is 235 g/mol. The van der Waals surface area contributed by atoms with Crippen molar-refractivity contribution >= 4 is 17.1 Å². The van der Waals surface area contributed by atoms with E-state index in [1.807, 2.05) is 0 Å². The number of hydrogen-bond donors (Lipinski definition) is 2. The molecule has 1 aliphatic rings. The van der Waals surface area contributed by atoms with Gasteiger partial charge in [-0.3, -0.25) is 0 Å². The summed E-state index contributed by atoms with van der Waals surface area (Å²) in [6.07, 6.45) is 0. The average molecular weight is 246 g/mol. The number of ether oxygens (including phenoxy) is 2. The van der Waals surface area contributed by atoms with Crippen LogP contribution in [0.3, 0.4) is 0 Å². The summed E-state index contributed by atoms with van der Waals surface area (Å²) in [5.41, 5.74) is 6.97. The van der Waals surface area contributed by atoms with E-state index in [2.05, 4.69) is 5.32 Å². The van der Waals surface area contributed by atoms with Crippen LogP contribution in [0, 0.1) is 5.82 Å². The molecule has 1 aliphatic heterocycles. The Kier molecular flexibility index (Phi) is 2.44. The Hall–Kier alpha value is -2.43. The topological polar surface area (TPSA) is 56.5 Å². The molecule has 0 aromatic heterocycles. The summed E-state index contributed by atoms with van der Waals surface area (Å²) in [6.45, 7) is 0.217. The second kappa shape index (κ2) is 4.10. The lowest BCUT2D eigenvalue weighted by molar-refractivity contribution is 0.174. The van der Waals surface area contributed by atoms with E-state index in [0.29, 0.717) is 22.9 Å². The molecule has 0 bridgehead atoms. The van der Waals surface area contributed by atoms with Gasteiger partial charge in [0.15, 0.2) is 11.5 Å². The molecule has 2 aromatic carbocycles. The zero-order valence-electron chi connectivity index (χ0n) is 9.44. The number of rotatable bonds is 2. The summed E-state index contributed by atoms with van der Waals surface area (Å²) in [5.74, 6) is 0.946. The maximum Gasteiger partial charge on any atom is 0.231 e. The maximum atomic E-state index is 13.6. The molecule has 0 spiro atoms. The van der Waals surface area contributed by atoms with Crippen LogP contribution in [0.5, 0.6) is 11.5 Å². The van der Waals surface area contributed by atoms with Crippen molar-refractivity contribution in [3.8, 4) is 11.5 Å². The van der Waals surface area contributed by atoms with Gasteiger partial charge in [-0.25, -0.2) is 4.39 Å². The van der Waals surface area contributed by atoms with Crippen molar-refractivity contribution in [1.29, 1.82) is 0 Å². The van der Waals surface area contributed by atoms with Crippen LogP contribution >= 0.6 is 0 Å². The molecule has 0 saturated heterocycles. The van der Waals surface area contributed by atoms with Gasteiger partial charge < -0.3 is 20.5 Å². The molecular formula is C13H11FN2O2. The molecule has 0 amide bonds. The van der Waals surface area contributed by atoms with Gasteiger partial charge in [-0.1, -0.05) is 0 Å². The monoisotopic (exact) mass is 246 g/mol. The molecule has 4 nitrogen and oxygen atoms in total. The quantitative estimate of drug-likeness (QED) is 0.800. The summed E-state index contributed by atoms with van der Waals surface area (Å²) < 4.78 is 24.1. The highest BCUT2D eigenvalue weighted by atomic mass is 19.1. The lowest BCUT2D eigenvalue weighted by Gasteiger charge is -2.08. The van der Waals surface area contributed by atoms with E-state index in [4.69, 9.17) is 15.2 Å². The second-order valence-corrected chi connectivity index (χ2v) is 3.93. The normalized spacial score (nSPS) is 12.5. The van der Waals surface area contributed by atoms with E-state index >= 15 is 0 Å². The molecule has 0 fully saturated rings. The molecule has 0 radical (unpaired) electrons. The summed E-state index contributed by atoms with van der Waals surface area (Å²) in [4.78, 5) is 0. The Labute approximate surface area is 103 Å². The molecule has 0 saturated carbocycles. The van der Waals surface area contributed by atoms with Crippen LogP contribution in [-0.2, 0) is 0 Å². The van der Waals surface area contributed by atoms with Crippen LogP contribution in [0.15, 0.2) is 36.4 Å². The predicted molar refractivity (Wildman–Crippen MR) is 66.7 cm³/mol. The fourth-order valence-electron chi connectivity index (χ4n) is 1.76. The van der Waals surface area contributed by atoms with E-state index in [-0.39, 0.29) is 6.79 Å². The van der Waals surface area contributed by atoms with Gasteiger partial charge in [-0.2, -0.15) is 0 Å². The van der Waals surface area contributed by atoms with Crippen LogP contribution < -0.4 is 20.5 Å². The third-order valence-electron chi connectivity index (χ3n) is 2.64. The van der Waals surface area contributed by atoms with Crippen molar-refractivity contribution in [3.63, 3.8) is 0 Å². The molecule has 0 atom stereocenters. The highest BCUT2D eigenvalue weighted by molar-refractivity contribution is 5.65. The molecule has 0 unspecified atom stereocenters. The van der Waals surface area contributed by atoms with Gasteiger partial charge in [0.25, 0.3) is 0 Å². The van der Waals surface area contributed by atoms with E-state index < -0.39 is 5.82 Å². The van der Waals surface area contributed by atoms with Gasteiger partial charge in [0.05, 0.1) is 5.69 Å². The highest BCUT2D eigenvalue weighted by Crippen LogP contribution is 2.35. The fourth-order valence-corrected chi connectivity index (χ4v) is 1.76. The minimum atomic E-state index is -0.396. The van der Waals surface area contributed by atoms with Crippen LogP contribution in [0.2, 0.25) is 0 Å². The van der Waals surface area contributed by atoms with Crippen molar-refractivity contribution in [3.05, 3.63) is 42.2 Å². The van der Waals surface area contributed by atoms with Crippen molar-refractivity contribution in [2.24, 2.45) is 0 Å². The first-order valence-corrected chi connectivity index (χ1v) is 5.44. The van der Waals surface area contributed by atoms with Gasteiger partial charge in [-0.05, 0) is 30.3 Å². The molecule has 0 aliphatic carbocycles. The minimum Gasteiger partial charge on any atom is -0.454 e. The molecule has 92 valence electrons. The van der Waals surface area contributed by atoms with E-state index in [0.717, 1.165) is 5.69 Å². The standard InChI is InChI=1S/C13H11FN2O2/c14-10-5-8(15)1-3-11(10)16-9-2-4-12-13(6-9)18-7-17-12/h1-6,16H,7,15H2. The van der Waals surface area contributed by atoms with Crippen molar-refractivity contribution in [2.45, 2.75) is 0 Å². The maximum absolute atomic E-state index is 13.6. The van der Waals surface area contributed by atoms with Crippen molar-refractivity contribution < 1.29 is 13.9 Å². The minimum absolute atomic E-state index is 0.217. The first-order chi connectivity index (χ1) is 8.72. The van der Waals surface area contributed by atoms with E-state index in [1.165, 1.54) is 6.07 Å². The fraction of sp³-hybridized carbons (Fsp3) is 0.0769. The lowest BCUT2D eigenvalue weighted by Crippen LogP contribution is -1.95. The molecule has 1 heterocycles. The van der Waals surface area contributed by atoms with Crippen LogP contribution in [0.4, 0.5) is 21.5 Å². The van der Waals surface area contributed by atoms with Gasteiger partial charge in [-0.15, -0.1) is 0 Å². The van der Waals surface area contributed by atoms with Crippen molar-refractivity contribution in [1.82, 2.24) is 0 Å². The summed E-state index contributed by atoms with van der Waals surface area (Å²) in [6, 6.07) is 9.84. The molecule has 2 aromatic rings. The smallest absolute Gasteiger partial charge is 0.231 e. The molecule has 3 rings (SSSR count). The number of halogens is 1. The Morgan fingerprint density at radius 3 is 2.72 bits per heavy atom. The summed E-state index contributed by atoms with van der Waals surface area (Å²) in [5, 5.41) is 2.96. The van der Waals surface area contributed by atoms with Crippen molar-refractivity contribution in [2.75, 3.05) is 17.8 Å². The summed E-state index contributed by atoms with van der Waals surface area (Å²) in [7, 11) is 0. The number of fused-ring (bicyclic) bond motifs is 1. The Balaban J connectivity index is 1.88.